The van der Waals surface area contributed by atoms with E-state index in [1.165, 1.54) is 7.11 Å². The fourth-order valence-electron chi connectivity index (χ4n) is 1.73. The summed E-state index contributed by atoms with van der Waals surface area (Å²) in [6.07, 6.45) is 1.69. The molecule has 5 heteroatoms. The Morgan fingerprint density at radius 2 is 2.15 bits per heavy atom. The highest BCUT2D eigenvalue weighted by Crippen LogP contribution is 2.58. The molecule has 2 aliphatic rings. The van der Waals surface area contributed by atoms with Crippen LogP contribution in [0.3, 0.4) is 0 Å². The summed E-state index contributed by atoms with van der Waals surface area (Å²) < 4.78 is 9.97. The molecule has 1 atom stereocenters. The van der Waals surface area contributed by atoms with Crippen molar-refractivity contribution in [2.75, 3.05) is 18.6 Å². The number of carbonyl (C=O) groups is 1. The summed E-state index contributed by atoms with van der Waals surface area (Å²) in [5.74, 6) is 1.55. The number of hydrogen-bond donors (Lipinski definition) is 0. The molecule has 3 nitrogen and oxygen atoms in total. The molecule has 0 N–H and O–H groups in total. The molecule has 0 aromatic rings. The summed E-state index contributed by atoms with van der Waals surface area (Å²) >= 11 is 7.89. The minimum absolute atomic E-state index is 0.424. The highest BCUT2D eigenvalue weighted by Gasteiger charge is 2.74. The molecule has 0 aliphatic carbocycles. The van der Waals surface area contributed by atoms with Crippen molar-refractivity contribution in [1.29, 1.82) is 0 Å². The van der Waals surface area contributed by atoms with E-state index in [1.807, 2.05) is 11.8 Å². The molecule has 0 saturated carbocycles. The molecular weight excluding hydrogens is 212 g/mol. The lowest BCUT2D eigenvalue weighted by Crippen LogP contribution is -2.33. The zero-order chi connectivity index (χ0) is 9.53. The molecule has 0 aromatic carbocycles. The molecule has 0 aromatic heterocycles. The van der Waals surface area contributed by atoms with Crippen LogP contribution in [0.15, 0.2) is 0 Å². The minimum Gasteiger partial charge on any atom is -0.466 e. The molecule has 13 heavy (non-hydrogen) atoms. The van der Waals surface area contributed by atoms with Crippen molar-refractivity contribution in [3.8, 4) is 0 Å². The van der Waals surface area contributed by atoms with E-state index in [1.54, 1.807) is 0 Å². The van der Waals surface area contributed by atoms with Crippen LogP contribution >= 0.6 is 23.4 Å². The predicted octanol–water partition coefficient (Wildman–Crippen LogP) is 1.39. The molecule has 2 saturated heterocycles. The van der Waals surface area contributed by atoms with Crippen LogP contribution in [0.2, 0.25) is 0 Å². The van der Waals surface area contributed by atoms with Gasteiger partial charge in [0.2, 0.25) is 0 Å². The average molecular weight is 223 g/mol. The topological polar surface area (TPSA) is 38.8 Å². The van der Waals surface area contributed by atoms with Crippen molar-refractivity contribution in [1.82, 2.24) is 0 Å². The lowest BCUT2D eigenvalue weighted by Gasteiger charge is -2.18. The number of methoxy groups -OCH3 is 1. The SMILES string of the molecule is COC(=O)C1(Cl)OC12CCSCC2. The van der Waals surface area contributed by atoms with Crippen LogP contribution in [0.1, 0.15) is 12.8 Å². The maximum absolute atomic E-state index is 11.3. The molecule has 1 spiro atoms. The van der Waals surface area contributed by atoms with Crippen LogP contribution in [0.25, 0.3) is 0 Å². The number of hydrogen-bond acceptors (Lipinski definition) is 4. The number of carbonyl (C=O) groups excluding carboxylic acids is 1. The summed E-state index contributed by atoms with van der Waals surface area (Å²) in [6, 6.07) is 0. The normalized spacial score (nSPS) is 35.8. The van der Waals surface area contributed by atoms with Gasteiger partial charge in [-0.15, -0.1) is 0 Å². The van der Waals surface area contributed by atoms with Crippen LogP contribution in [0, 0.1) is 0 Å². The van der Waals surface area contributed by atoms with Gasteiger partial charge >= 0.3 is 5.97 Å². The summed E-state index contributed by atoms with van der Waals surface area (Å²) in [7, 11) is 1.33. The molecule has 0 bridgehead atoms. The van der Waals surface area contributed by atoms with Crippen molar-refractivity contribution in [2.45, 2.75) is 23.5 Å². The monoisotopic (exact) mass is 222 g/mol. The van der Waals surface area contributed by atoms with Gasteiger partial charge in [0.15, 0.2) is 0 Å². The second-order valence-corrected chi connectivity index (χ2v) is 5.05. The van der Waals surface area contributed by atoms with E-state index in [4.69, 9.17) is 16.3 Å². The van der Waals surface area contributed by atoms with Crippen LogP contribution in [0.4, 0.5) is 0 Å². The second kappa shape index (κ2) is 3.04. The Labute approximate surface area is 86.1 Å². The van der Waals surface area contributed by atoms with Crippen molar-refractivity contribution >= 4 is 29.3 Å². The molecule has 74 valence electrons. The molecule has 0 radical (unpaired) electrons. The maximum atomic E-state index is 11.3. The van der Waals surface area contributed by atoms with E-state index in [0.717, 1.165) is 24.3 Å². The van der Waals surface area contributed by atoms with Crippen molar-refractivity contribution in [3.63, 3.8) is 0 Å². The molecular formula is C8H11ClO3S. The minimum atomic E-state index is -1.18. The number of epoxide rings is 1. The van der Waals surface area contributed by atoms with Gasteiger partial charge in [0.1, 0.15) is 5.60 Å². The van der Waals surface area contributed by atoms with E-state index in [2.05, 4.69) is 4.74 Å². The Kier molecular flexibility index (Phi) is 2.25. The lowest BCUT2D eigenvalue weighted by molar-refractivity contribution is -0.143. The first-order valence-electron chi connectivity index (χ1n) is 4.20. The van der Waals surface area contributed by atoms with Gasteiger partial charge in [-0.3, -0.25) is 0 Å². The fraction of sp³-hybridized carbons (Fsp3) is 0.875. The van der Waals surface area contributed by atoms with Crippen LogP contribution in [-0.4, -0.2) is 35.2 Å². The molecule has 0 amide bonds. The third-order valence-corrected chi connectivity index (χ3v) is 4.19. The third kappa shape index (κ3) is 1.27. The highest BCUT2D eigenvalue weighted by atomic mass is 35.5. The molecule has 2 rings (SSSR count). The summed E-state index contributed by atoms with van der Waals surface area (Å²) in [5, 5.41) is -1.18. The standard InChI is InChI=1S/C8H11ClO3S/c1-11-6(10)8(9)7(12-8)2-4-13-5-3-7/h2-5H2,1H3. The van der Waals surface area contributed by atoms with Crippen LogP contribution in [-0.2, 0) is 14.3 Å². The highest BCUT2D eigenvalue weighted by molar-refractivity contribution is 7.99. The Bertz CT molecular complexity index is 240. The van der Waals surface area contributed by atoms with Gasteiger partial charge in [0.25, 0.3) is 5.06 Å². The molecule has 2 fully saturated rings. The van der Waals surface area contributed by atoms with Gasteiger partial charge < -0.3 is 9.47 Å². The smallest absolute Gasteiger partial charge is 0.357 e. The largest absolute Gasteiger partial charge is 0.466 e. The Morgan fingerprint density at radius 3 is 2.69 bits per heavy atom. The van der Waals surface area contributed by atoms with Crippen molar-refractivity contribution in [3.05, 3.63) is 0 Å². The van der Waals surface area contributed by atoms with E-state index in [9.17, 15) is 4.79 Å². The first kappa shape index (κ1) is 9.62. The molecule has 2 aliphatic heterocycles. The zero-order valence-corrected chi connectivity index (χ0v) is 8.91. The molecule has 2 heterocycles. The second-order valence-electron chi connectivity index (χ2n) is 3.30. The first-order valence-corrected chi connectivity index (χ1v) is 5.73. The number of halogens is 1. The number of thioether (sulfide) groups is 1. The first-order chi connectivity index (χ1) is 6.15. The summed E-state index contributed by atoms with van der Waals surface area (Å²) in [4.78, 5) is 11.3. The Hall–Kier alpha value is 0.0700. The van der Waals surface area contributed by atoms with Gasteiger partial charge in [0, 0.05) is 0 Å². The quantitative estimate of drug-likeness (QED) is 0.382. The van der Waals surface area contributed by atoms with Gasteiger partial charge in [-0.05, 0) is 24.3 Å². The van der Waals surface area contributed by atoms with E-state index in [0.29, 0.717) is 0 Å². The number of rotatable bonds is 1. The average Bonchev–Trinajstić information content (AvgIpc) is 2.72. The number of esters is 1. The number of alkyl halides is 1. The molecule has 1 unspecified atom stereocenters. The number of ether oxygens (including phenoxy) is 2. The van der Waals surface area contributed by atoms with Crippen molar-refractivity contribution < 1.29 is 14.3 Å². The van der Waals surface area contributed by atoms with Crippen LogP contribution in [0.5, 0.6) is 0 Å². The van der Waals surface area contributed by atoms with Gasteiger partial charge in [-0.25, -0.2) is 4.79 Å². The van der Waals surface area contributed by atoms with Gasteiger partial charge in [-0.2, -0.15) is 11.8 Å². The van der Waals surface area contributed by atoms with E-state index < -0.39 is 16.6 Å². The zero-order valence-electron chi connectivity index (χ0n) is 7.34. The van der Waals surface area contributed by atoms with E-state index >= 15 is 0 Å². The summed E-state index contributed by atoms with van der Waals surface area (Å²) in [5.41, 5.74) is -0.424. The van der Waals surface area contributed by atoms with Gasteiger partial charge in [-0.1, -0.05) is 11.6 Å². The Morgan fingerprint density at radius 1 is 1.54 bits per heavy atom. The van der Waals surface area contributed by atoms with Crippen molar-refractivity contribution in [2.24, 2.45) is 0 Å². The van der Waals surface area contributed by atoms with Crippen LogP contribution < -0.4 is 0 Å². The summed E-state index contributed by atoms with van der Waals surface area (Å²) in [6.45, 7) is 0. The lowest BCUT2D eigenvalue weighted by atomic mass is 9.98. The maximum Gasteiger partial charge on any atom is 0.357 e. The van der Waals surface area contributed by atoms with E-state index in [-0.39, 0.29) is 0 Å². The fourth-order valence-corrected chi connectivity index (χ4v) is 3.29. The third-order valence-electron chi connectivity index (χ3n) is 2.63. The van der Waals surface area contributed by atoms with Gasteiger partial charge in [0.05, 0.1) is 7.11 Å². The Balaban J connectivity index is 2.09. The predicted molar refractivity (Wildman–Crippen MR) is 51.0 cm³/mol.